The number of carbonyl (C=O) groups excluding carboxylic acids is 5. The van der Waals surface area contributed by atoms with Crippen LogP contribution in [0.2, 0.25) is 5.02 Å². The second-order valence-corrected chi connectivity index (χ2v) is 14.2. The molecule has 3 amide bonds. The molecule has 6 rings (SSSR count). The number of rotatable bonds is 7. The van der Waals surface area contributed by atoms with Gasteiger partial charge >= 0.3 is 5.97 Å². The zero-order valence-electron chi connectivity index (χ0n) is 22.2. The highest BCUT2D eigenvalue weighted by Crippen LogP contribution is 2.60. The number of halogens is 4. The quantitative estimate of drug-likeness (QED) is 0.0911. The molecule has 43 heavy (non-hydrogen) atoms. The summed E-state index contributed by atoms with van der Waals surface area (Å²) in [6.07, 6.45) is 0.731. The lowest BCUT2D eigenvalue weighted by Gasteiger charge is -2.31. The molecule has 1 saturated heterocycles. The number of Topliss-reactive ketones (excluding diaryl/α,β-unsaturated/α-hetero) is 1. The summed E-state index contributed by atoms with van der Waals surface area (Å²) in [4.78, 5) is 67.3. The molecule has 12 heteroatoms. The number of esters is 1. The molecule has 8 nitrogen and oxygen atoms in total. The molecule has 1 aliphatic heterocycles. The van der Waals surface area contributed by atoms with Crippen LogP contribution in [-0.2, 0) is 9.59 Å². The number of hydrazine groups is 1. The molecule has 0 unspecified atom stereocenters. The molecular formula is C31H22Br3ClN2O6. The monoisotopic (exact) mass is 790 g/mol. The van der Waals surface area contributed by atoms with Gasteiger partial charge in [-0.05, 0) is 91.1 Å². The normalized spacial score (nSPS) is 25.5. The number of fused-ring (bicyclic) bond motifs is 5. The predicted octanol–water partition coefficient (Wildman–Crippen LogP) is 6.34. The van der Waals surface area contributed by atoms with Gasteiger partial charge in [0.1, 0.15) is 12.3 Å². The third-order valence-electron chi connectivity index (χ3n) is 8.29. The minimum atomic E-state index is -0.676. The molecule has 3 aromatic carbocycles. The number of ether oxygens (including phenoxy) is 1. The molecule has 0 spiro atoms. The van der Waals surface area contributed by atoms with Gasteiger partial charge in [-0.2, -0.15) is 5.01 Å². The van der Waals surface area contributed by atoms with E-state index in [1.165, 1.54) is 48.5 Å². The first-order valence-corrected chi connectivity index (χ1v) is 16.4. The third kappa shape index (κ3) is 5.49. The summed E-state index contributed by atoms with van der Waals surface area (Å²) >= 11 is 16.7. The van der Waals surface area contributed by atoms with E-state index in [2.05, 4.69) is 47.8 Å². The Morgan fingerprint density at radius 3 is 1.86 bits per heavy atom. The summed E-state index contributed by atoms with van der Waals surface area (Å²) in [5.41, 5.74) is 0.734. The summed E-state index contributed by atoms with van der Waals surface area (Å²) in [7, 11) is 0. The Hall–Kier alpha value is -2.86. The molecule has 3 aliphatic rings. The first-order chi connectivity index (χ1) is 20.5. The van der Waals surface area contributed by atoms with Crippen LogP contribution in [0.15, 0.2) is 77.3 Å². The van der Waals surface area contributed by atoms with Crippen molar-refractivity contribution in [1.82, 2.24) is 10.0 Å². The maximum Gasteiger partial charge on any atom is 0.343 e. The van der Waals surface area contributed by atoms with Gasteiger partial charge in [-0.15, -0.1) is 0 Å². The fourth-order valence-corrected chi connectivity index (χ4v) is 8.50. The average Bonchev–Trinajstić information content (AvgIpc) is 3.61. The highest BCUT2D eigenvalue weighted by atomic mass is 79.9. The summed E-state index contributed by atoms with van der Waals surface area (Å²) < 4.78 is 6.23. The van der Waals surface area contributed by atoms with Gasteiger partial charge in [-0.25, -0.2) is 9.80 Å². The van der Waals surface area contributed by atoms with Crippen LogP contribution in [0.4, 0.5) is 0 Å². The lowest BCUT2D eigenvalue weighted by atomic mass is 9.81. The largest absolute Gasteiger partial charge is 0.423 e. The van der Waals surface area contributed by atoms with Crippen molar-refractivity contribution >= 4 is 88.9 Å². The van der Waals surface area contributed by atoms with Crippen molar-refractivity contribution in [2.24, 2.45) is 23.7 Å². The summed E-state index contributed by atoms with van der Waals surface area (Å²) in [5, 5.41) is 2.23. The topological polar surface area (TPSA) is 101 Å². The van der Waals surface area contributed by atoms with Crippen LogP contribution in [0, 0.1) is 23.7 Å². The number of carbonyl (C=O) groups is 5. The molecule has 220 valence electrons. The van der Waals surface area contributed by atoms with Gasteiger partial charge in [0.25, 0.3) is 17.7 Å². The fraction of sp³-hybridized carbons (Fsp3) is 0.258. The summed E-state index contributed by atoms with van der Waals surface area (Å²) in [5.74, 6) is -3.72. The lowest BCUT2D eigenvalue weighted by Crippen LogP contribution is -2.52. The number of hydrogen-bond acceptors (Lipinski definition) is 6. The van der Waals surface area contributed by atoms with Gasteiger partial charge in [0.15, 0.2) is 5.78 Å². The van der Waals surface area contributed by atoms with Crippen LogP contribution in [0.25, 0.3) is 0 Å². The van der Waals surface area contributed by atoms with Crippen molar-refractivity contribution in [3.05, 3.63) is 99.0 Å². The second-order valence-electron chi connectivity index (χ2n) is 10.7. The van der Waals surface area contributed by atoms with Crippen molar-refractivity contribution in [3.8, 4) is 5.75 Å². The van der Waals surface area contributed by atoms with E-state index in [4.69, 9.17) is 16.3 Å². The molecule has 0 radical (unpaired) electrons. The average molecular weight is 794 g/mol. The first-order valence-electron chi connectivity index (χ1n) is 13.4. The van der Waals surface area contributed by atoms with E-state index >= 15 is 0 Å². The number of amides is 3. The van der Waals surface area contributed by atoms with E-state index in [1.54, 1.807) is 24.3 Å². The van der Waals surface area contributed by atoms with Crippen molar-refractivity contribution in [3.63, 3.8) is 0 Å². The Labute approximate surface area is 277 Å². The molecule has 3 aromatic rings. The van der Waals surface area contributed by atoms with Gasteiger partial charge in [0, 0.05) is 30.3 Å². The van der Waals surface area contributed by atoms with Gasteiger partial charge < -0.3 is 4.74 Å². The minimum absolute atomic E-state index is 0.0221. The zero-order chi connectivity index (χ0) is 30.6. The van der Waals surface area contributed by atoms with Crippen molar-refractivity contribution < 1.29 is 28.7 Å². The number of benzene rings is 3. The smallest absolute Gasteiger partial charge is 0.343 e. The van der Waals surface area contributed by atoms with E-state index in [9.17, 15) is 24.0 Å². The first kappa shape index (κ1) is 30.2. The molecule has 0 N–H and O–H groups in total. The van der Waals surface area contributed by atoms with Crippen LogP contribution in [0.3, 0.4) is 0 Å². The number of alkyl halides is 2. The number of nitrogens with zero attached hydrogens (tertiary/aromatic N) is 2. The molecule has 6 atom stereocenters. The van der Waals surface area contributed by atoms with Crippen molar-refractivity contribution in [2.45, 2.75) is 16.1 Å². The second kappa shape index (κ2) is 11.9. The van der Waals surface area contributed by atoms with Crippen LogP contribution >= 0.6 is 59.4 Å². The van der Waals surface area contributed by atoms with Crippen molar-refractivity contribution in [2.75, 3.05) is 6.54 Å². The lowest BCUT2D eigenvalue weighted by molar-refractivity contribution is -0.154. The maximum atomic E-state index is 13.8. The van der Waals surface area contributed by atoms with Crippen molar-refractivity contribution in [1.29, 1.82) is 0 Å². The third-order valence-corrected chi connectivity index (χ3v) is 12.3. The highest BCUT2D eigenvalue weighted by molar-refractivity contribution is 9.12. The van der Waals surface area contributed by atoms with E-state index < -0.39 is 47.9 Å². The molecule has 1 heterocycles. The number of hydrogen-bond donors (Lipinski definition) is 0. The highest BCUT2D eigenvalue weighted by Gasteiger charge is 2.67. The van der Waals surface area contributed by atoms with Crippen LogP contribution < -0.4 is 4.74 Å². The Bertz CT molecular complexity index is 1600. The standard InChI is InChI=1S/C31H22Br3ClN2O6/c32-18-7-1-17(2-8-18)31(42)43-20-11-5-15(6-12-20)23(38)14-36(28(39)16-3-9-19(35)10-4-16)37-29(40)24-21-13-22(25(24)30(37)41)27(34)26(21)33/h1-12,21-22,24-27H,13-14H2/t21-,22-,24-,25+,26+,27+/m1/s1. The van der Waals surface area contributed by atoms with Gasteiger partial charge in [-0.3, -0.25) is 19.2 Å². The fourth-order valence-electron chi connectivity index (χ4n) is 6.23. The molecule has 3 fully saturated rings. The van der Waals surface area contributed by atoms with E-state index in [0.717, 1.165) is 20.9 Å². The SMILES string of the molecule is O=C(CN(C(=O)c1ccc(Cl)cc1)N1C(=O)[C@@H]2[C@H]3C[C@@H]([C@H](Br)[C@H]3Br)[C@@H]2C1=O)c1ccc(OC(=O)c2ccc(Br)cc2)cc1. The Morgan fingerprint density at radius 2 is 1.30 bits per heavy atom. The predicted molar refractivity (Wildman–Crippen MR) is 168 cm³/mol. The molecule has 0 aromatic heterocycles. The molecule has 2 bridgehead atoms. The van der Waals surface area contributed by atoms with Gasteiger partial charge in [0.05, 0.1) is 17.4 Å². The van der Waals surface area contributed by atoms with Gasteiger partial charge in [0.2, 0.25) is 0 Å². The Morgan fingerprint density at radius 1 is 0.791 bits per heavy atom. The van der Waals surface area contributed by atoms with Crippen LogP contribution in [0.5, 0.6) is 5.75 Å². The molecule has 2 aliphatic carbocycles. The van der Waals surface area contributed by atoms with E-state index in [-0.39, 0.29) is 38.4 Å². The van der Waals surface area contributed by atoms with Crippen LogP contribution in [-0.4, -0.2) is 55.7 Å². The minimum Gasteiger partial charge on any atom is -0.423 e. The number of ketones is 1. The Kier molecular flexibility index (Phi) is 8.36. The van der Waals surface area contributed by atoms with E-state index in [1.807, 2.05) is 0 Å². The number of imide groups is 1. The van der Waals surface area contributed by atoms with Gasteiger partial charge in [-0.1, -0.05) is 59.4 Å². The molecule has 2 saturated carbocycles. The summed E-state index contributed by atoms with van der Waals surface area (Å²) in [6, 6.07) is 18.6. The maximum absolute atomic E-state index is 13.8. The Balaban J connectivity index is 1.24. The van der Waals surface area contributed by atoms with E-state index in [0.29, 0.717) is 10.6 Å². The molecular weight excluding hydrogens is 772 g/mol. The summed E-state index contributed by atoms with van der Waals surface area (Å²) in [6.45, 7) is -0.554. The zero-order valence-corrected chi connectivity index (χ0v) is 27.7. The van der Waals surface area contributed by atoms with Crippen LogP contribution in [0.1, 0.15) is 37.5 Å².